The molecular weight excluding hydrogens is 366 g/mol. The highest BCUT2D eigenvalue weighted by Crippen LogP contribution is 2.19. The summed E-state index contributed by atoms with van der Waals surface area (Å²) in [6, 6.07) is 18.1. The van der Waals surface area contributed by atoms with Crippen molar-refractivity contribution in [1.29, 1.82) is 0 Å². The molecule has 148 valence electrons. The number of fused-ring (bicyclic) bond motifs is 1. The number of hydrogen-bond donors (Lipinski definition) is 1. The molecule has 0 saturated carbocycles. The second-order valence-electron chi connectivity index (χ2n) is 7.23. The highest BCUT2D eigenvalue weighted by Gasteiger charge is 2.19. The summed E-state index contributed by atoms with van der Waals surface area (Å²) in [4.78, 5) is 29.9. The molecule has 2 aromatic carbocycles. The maximum Gasteiger partial charge on any atom is 0.332 e. The van der Waals surface area contributed by atoms with E-state index in [1.165, 1.54) is 11.6 Å². The topological polar surface area (TPSA) is 73.8 Å². The van der Waals surface area contributed by atoms with Crippen LogP contribution in [0, 0.1) is 6.92 Å². The maximum atomic E-state index is 12.9. The lowest BCUT2D eigenvalue weighted by molar-refractivity contribution is 0.702. The lowest BCUT2D eigenvalue weighted by Crippen LogP contribution is -2.37. The van der Waals surface area contributed by atoms with Gasteiger partial charge < -0.3 is 5.32 Å². The Hall–Kier alpha value is -3.61. The van der Waals surface area contributed by atoms with Gasteiger partial charge in [-0.1, -0.05) is 60.2 Å². The number of benzene rings is 2. The molecule has 0 amide bonds. The number of aromatic nitrogens is 4. The van der Waals surface area contributed by atoms with Crippen molar-refractivity contribution in [1.82, 2.24) is 18.7 Å². The fraction of sp³-hybridized carbons (Fsp3) is 0.227. The van der Waals surface area contributed by atoms with Gasteiger partial charge in [-0.05, 0) is 18.1 Å². The zero-order valence-corrected chi connectivity index (χ0v) is 16.7. The zero-order chi connectivity index (χ0) is 20.5. The molecule has 0 aliphatic rings. The molecule has 7 nitrogen and oxygen atoms in total. The Morgan fingerprint density at radius 3 is 2.38 bits per heavy atom. The molecule has 2 aromatic heterocycles. The minimum Gasteiger partial charge on any atom is -0.351 e. The highest BCUT2D eigenvalue weighted by molar-refractivity contribution is 5.74. The van der Waals surface area contributed by atoms with E-state index in [4.69, 9.17) is 0 Å². The van der Waals surface area contributed by atoms with E-state index < -0.39 is 5.69 Å². The Kier molecular flexibility index (Phi) is 4.80. The summed E-state index contributed by atoms with van der Waals surface area (Å²) in [6.07, 6.45) is 0. The molecule has 1 N–H and O–H groups in total. The quantitative estimate of drug-likeness (QED) is 0.569. The van der Waals surface area contributed by atoms with Gasteiger partial charge in [-0.2, -0.15) is 4.98 Å². The Bertz CT molecular complexity index is 1300. The van der Waals surface area contributed by atoms with E-state index in [0.717, 1.165) is 21.3 Å². The van der Waals surface area contributed by atoms with Gasteiger partial charge in [-0.15, -0.1) is 0 Å². The summed E-state index contributed by atoms with van der Waals surface area (Å²) in [6.45, 7) is 3.07. The van der Waals surface area contributed by atoms with Gasteiger partial charge in [0.05, 0.1) is 6.54 Å². The summed E-state index contributed by atoms with van der Waals surface area (Å²) in [5.41, 5.74) is 3.35. The van der Waals surface area contributed by atoms with Crippen LogP contribution in [-0.4, -0.2) is 18.7 Å². The molecule has 0 radical (unpaired) electrons. The monoisotopic (exact) mass is 389 g/mol. The molecule has 4 rings (SSSR count). The lowest BCUT2D eigenvalue weighted by Gasteiger charge is -2.12. The van der Waals surface area contributed by atoms with Crippen LogP contribution in [0.25, 0.3) is 11.2 Å². The van der Waals surface area contributed by atoms with Gasteiger partial charge in [0, 0.05) is 20.6 Å². The largest absolute Gasteiger partial charge is 0.351 e. The van der Waals surface area contributed by atoms with E-state index in [1.54, 1.807) is 7.05 Å². The predicted octanol–water partition coefficient (Wildman–Crippen LogP) is 2.40. The van der Waals surface area contributed by atoms with Gasteiger partial charge in [0.25, 0.3) is 5.56 Å². The van der Waals surface area contributed by atoms with Crippen molar-refractivity contribution in [2.75, 3.05) is 5.32 Å². The van der Waals surface area contributed by atoms with Crippen LogP contribution >= 0.6 is 0 Å². The number of rotatable bonds is 5. The smallest absolute Gasteiger partial charge is 0.332 e. The number of hydrogen-bond acceptors (Lipinski definition) is 4. The first-order chi connectivity index (χ1) is 14.0. The standard InChI is InChI=1S/C22H23N5O2/c1-15-8-7-11-17(12-15)14-27-18-19(25(2)22(29)26(3)20(18)28)24-21(27)23-13-16-9-5-4-6-10-16/h4-12H,13-14H2,1-3H3,(H,23,24). The van der Waals surface area contributed by atoms with Crippen molar-refractivity contribution in [3.05, 3.63) is 92.1 Å². The molecule has 0 aliphatic carbocycles. The van der Waals surface area contributed by atoms with E-state index in [0.29, 0.717) is 30.2 Å². The normalized spacial score (nSPS) is 11.1. The van der Waals surface area contributed by atoms with Crippen LogP contribution in [0.5, 0.6) is 0 Å². The van der Waals surface area contributed by atoms with E-state index in [2.05, 4.69) is 16.4 Å². The molecule has 29 heavy (non-hydrogen) atoms. The maximum absolute atomic E-state index is 12.9. The zero-order valence-electron chi connectivity index (χ0n) is 16.7. The fourth-order valence-electron chi connectivity index (χ4n) is 3.51. The minimum atomic E-state index is -0.391. The van der Waals surface area contributed by atoms with Crippen molar-refractivity contribution >= 4 is 17.1 Å². The predicted molar refractivity (Wildman–Crippen MR) is 114 cm³/mol. The van der Waals surface area contributed by atoms with Crippen molar-refractivity contribution in [3.63, 3.8) is 0 Å². The van der Waals surface area contributed by atoms with Gasteiger partial charge in [0.1, 0.15) is 0 Å². The van der Waals surface area contributed by atoms with Gasteiger partial charge >= 0.3 is 5.69 Å². The molecular formula is C22H23N5O2. The van der Waals surface area contributed by atoms with Gasteiger partial charge in [-0.3, -0.25) is 18.5 Å². The molecule has 2 heterocycles. The molecule has 0 saturated heterocycles. The molecule has 7 heteroatoms. The van der Waals surface area contributed by atoms with Crippen LogP contribution < -0.4 is 16.6 Å². The number of anilines is 1. The first-order valence-electron chi connectivity index (χ1n) is 9.45. The third kappa shape index (κ3) is 3.47. The van der Waals surface area contributed by atoms with E-state index >= 15 is 0 Å². The van der Waals surface area contributed by atoms with Gasteiger partial charge in [-0.25, -0.2) is 4.79 Å². The lowest BCUT2D eigenvalue weighted by atomic mass is 10.1. The van der Waals surface area contributed by atoms with Crippen LogP contribution in [0.15, 0.2) is 64.2 Å². The summed E-state index contributed by atoms with van der Waals surface area (Å²) in [7, 11) is 3.13. The fourth-order valence-corrected chi connectivity index (χ4v) is 3.51. The first-order valence-corrected chi connectivity index (χ1v) is 9.45. The highest BCUT2D eigenvalue weighted by atomic mass is 16.2. The molecule has 0 fully saturated rings. The molecule has 4 aromatic rings. The van der Waals surface area contributed by atoms with Crippen molar-refractivity contribution in [2.24, 2.45) is 14.1 Å². The van der Waals surface area contributed by atoms with Crippen LogP contribution in [0.3, 0.4) is 0 Å². The van der Waals surface area contributed by atoms with E-state index in [-0.39, 0.29) is 5.56 Å². The van der Waals surface area contributed by atoms with Crippen molar-refractivity contribution in [3.8, 4) is 0 Å². The number of imidazole rings is 1. The van der Waals surface area contributed by atoms with Crippen LogP contribution in [0.2, 0.25) is 0 Å². The van der Waals surface area contributed by atoms with Gasteiger partial charge in [0.15, 0.2) is 11.2 Å². The average Bonchev–Trinajstić information content (AvgIpc) is 3.08. The van der Waals surface area contributed by atoms with Crippen LogP contribution in [0.1, 0.15) is 16.7 Å². The SMILES string of the molecule is Cc1cccc(Cn2c(NCc3ccccc3)nc3c2c(=O)n(C)c(=O)n3C)c1. The molecule has 0 atom stereocenters. The minimum absolute atomic E-state index is 0.351. The average molecular weight is 389 g/mol. The Balaban J connectivity index is 1.86. The summed E-state index contributed by atoms with van der Waals surface area (Å²) in [5.74, 6) is 0.559. The van der Waals surface area contributed by atoms with Crippen molar-refractivity contribution in [2.45, 2.75) is 20.0 Å². The number of aryl methyl sites for hydroxylation is 2. The van der Waals surface area contributed by atoms with E-state index in [9.17, 15) is 9.59 Å². The van der Waals surface area contributed by atoms with E-state index in [1.807, 2.05) is 60.0 Å². The number of nitrogens with zero attached hydrogens (tertiary/aromatic N) is 4. The molecule has 0 bridgehead atoms. The number of nitrogens with one attached hydrogen (secondary N) is 1. The van der Waals surface area contributed by atoms with Crippen molar-refractivity contribution < 1.29 is 0 Å². The third-order valence-electron chi connectivity index (χ3n) is 5.06. The second-order valence-corrected chi connectivity index (χ2v) is 7.23. The summed E-state index contributed by atoms with van der Waals surface area (Å²) in [5, 5.41) is 3.34. The molecule has 0 aliphatic heterocycles. The van der Waals surface area contributed by atoms with Crippen LogP contribution in [-0.2, 0) is 27.2 Å². The molecule has 0 spiro atoms. The summed E-state index contributed by atoms with van der Waals surface area (Å²) >= 11 is 0. The van der Waals surface area contributed by atoms with Crippen LogP contribution in [0.4, 0.5) is 5.95 Å². The first kappa shape index (κ1) is 18.7. The summed E-state index contributed by atoms with van der Waals surface area (Å²) < 4.78 is 4.39. The Labute approximate surface area is 167 Å². The second kappa shape index (κ2) is 7.43. The molecule has 0 unspecified atom stereocenters. The third-order valence-corrected chi connectivity index (χ3v) is 5.06. The van der Waals surface area contributed by atoms with Gasteiger partial charge in [0.2, 0.25) is 5.95 Å². The Morgan fingerprint density at radius 1 is 0.931 bits per heavy atom. The Morgan fingerprint density at radius 2 is 1.66 bits per heavy atom.